The average Bonchev–Trinajstić information content (AvgIpc) is 2.26. The van der Waals surface area contributed by atoms with Gasteiger partial charge in [0.15, 0.2) is 0 Å². The van der Waals surface area contributed by atoms with Crippen molar-refractivity contribution < 1.29 is 4.79 Å². The predicted molar refractivity (Wildman–Crippen MR) is 68.2 cm³/mol. The maximum atomic E-state index is 11.6. The van der Waals surface area contributed by atoms with Gasteiger partial charge in [-0.1, -0.05) is 13.8 Å². The minimum absolute atomic E-state index is 0.0487. The summed E-state index contributed by atoms with van der Waals surface area (Å²) in [6, 6.07) is 0.468. The van der Waals surface area contributed by atoms with Crippen molar-refractivity contribution in [3.63, 3.8) is 0 Å². The average molecular weight is 229 g/mol. The van der Waals surface area contributed by atoms with Crippen LogP contribution < -0.4 is 11.1 Å². The molecule has 3 unspecified atom stereocenters. The lowest BCUT2D eigenvalue weighted by Crippen LogP contribution is -2.42. The van der Waals surface area contributed by atoms with Gasteiger partial charge in [0.25, 0.3) is 0 Å². The van der Waals surface area contributed by atoms with Crippen molar-refractivity contribution in [3.8, 4) is 0 Å². The molecule has 1 amide bonds. The van der Waals surface area contributed by atoms with Crippen LogP contribution in [-0.2, 0) is 4.79 Å². The fourth-order valence-electron chi connectivity index (χ4n) is 1.29. The van der Waals surface area contributed by atoms with Crippen LogP contribution in [0.4, 0.5) is 0 Å². The molecule has 0 aliphatic heterocycles. The van der Waals surface area contributed by atoms with Crippen LogP contribution >= 0.6 is 0 Å². The molecule has 0 radical (unpaired) electrons. The Hall–Kier alpha value is -0.610. The van der Waals surface area contributed by atoms with Crippen LogP contribution in [0.25, 0.3) is 0 Å². The highest BCUT2D eigenvalue weighted by Crippen LogP contribution is 2.00. The molecule has 0 aromatic rings. The molecule has 0 aromatic carbocycles. The van der Waals surface area contributed by atoms with E-state index in [2.05, 4.69) is 31.1 Å². The SMILES string of the molecule is CCC(C)N(C)CCNC(=O)C(C)C(C)N. The number of nitrogens with zero attached hydrogens (tertiary/aromatic N) is 1. The second-order valence-corrected chi connectivity index (χ2v) is 4.68. The standard InChI is InChI=1S/C12H27N3O/c1-6-9(2)15(5)8-7-14-12(16)10(3)11(4)13/h9-11H,6-8,13H2,1-5H3,(H,14,16). The lowest BCUT2D eigenvalue weighted by Gasteiger charge is -2.24. The molecule has 4 heteroatoms. The van der Waals surface area contributed by atoms with Gasteiger partial charge in [0.2, 0.25) is 5.91 Å². The van der Waals surface area contributed by atoms with Crippen molar-refractivity contribution in [2.24, 2.45) is 11.7 Å². The summed E-state index contributed by atoms with van der Waals surface area (Å²) in [7, 11) is 2.08. The molecule has 0 fully saturated rings. The maximum Gasteiger partial charge on any atom is 0.224 e. The van der Waals surface area contributed by atoms with Crippen molar-refractivity contribution in [1.82, 2.24) is 10.2 Å². The Balaban J connectivity index is 3.78. The molecule has 0 spiro atoms. The summed E-state index contributed by atoms with van der Waals surface area (Å²) in [5, 5.41) is 2.91. The van der Waals surface area contributed by atoms with Gasteiger partial charge in [-0.2, -0.15) is 0 Å². The van der Waals surface area contributed by atoms with Crippen molar-refractivity contribution in [1.29, 1.82) is 0 Å². The molecule has 0 aliphatic carbocycles. The highest BCUT2D eigenvalue weighted by molar-refractivity contribution is 5.78. The van der Waals surface area contributed by atoms with E-state index in [9.17, 15) is 4.79 Å². The number of nitrogens with one attached hydrogen (secondary N) is 1. The Morgan fingerprint density at radius 2 is 1.94 bits per heavy atom. The summed E-state index contributed by atoms with van der Waals surface area (Å²) in [5.41, 5.74) is 5.67. The van der Waals surface area contributed by atoms with E-state index in [0.29, 0.717) is 12.6 Å². The lowest BCUT2D eigenvalue weighted by molar-refractivity contribution is -0.124. The topological polar surface area (TPSA) is 58.4 Å². The molecular formula is C12H27N3O. The van der Waals surface area contributed by atoms with E-state index in [0.717, 1.165) is 13.0 Å². The van der Waals surface area contributed by atoms with Crippen LogP contribution in [0.3, 0.4) is 0 Å². The number of rotatable bonds is 7. The van der Waals surface area contributed by atoms with Crippen molar-refractivity contribution in [3.05, 3.63) is 0 Å². The van der Waals surface area contributed by atoms with Gasteiger partial charge in [0, 0.05) is 31.1 Å². The molecule has 16 heavy (non-hydrogen) atoms. The van der Waals surface area contributed by atoms with Crippen molar-refractivity contribution in [2.75, 3.05) is 20.1 Å². The van der Waals surface area contributed by atoms with Crippen molar-refractivity contribution in [2.45, 2.75) is 46.2 Å². The Morgan fingerprint density at radius 1 is 1.38 bits per heavy atom. The second-order valence-electron chi connectivity index (χ2n) is 4.68. The fourth-order valence-corrected chi connectivity index (χ4v) is 1.29. The van der Waals surface area contributed by atoms with Crippen molar-refractivity contribution >= 4 is 5.91 Å². The molecule has 0 bridgehead atoms. The Labute approximate surface area is 99.6 Å². The molecule has 0 saturated heterocycles. The highest BCUT2D eigenvalue weighted by Gasteiger charge is 2.16. The number of hydrogen-bond donors (Lipinski definition) is 2. The minimum Gasteiger partial charge on any atom is -0.355 e. The number of carbonyl (C=O) groups is 1. The van der Waals surface area contributed by atoms with Crippen LogP contribution in [0.1, 0.15) is 34.1 Å². The number of likely N-dealkylation sites (N-methyl/N-ethyl adjacent to an activating group) is 1. The fraction of sp³-hybridized carbons (Fsp3) is 0.917. The number of nitrogens with two attached hydrogens (primary N) is 1. The number of hydrogen-bond acceptors (Lipinski definition) is 3. The first-order valence-corrected chi connectivity index (χ1v) is 6.13. The number of amides is 1. The zero-order valence-electron chi connectivity index (χ0n) is 11.3. The van der Waals surface area contributed by atoms with E-state index in [1.165, 1.54) is 0 Å². The highest BCUT2D eigenvalue weighted by atomic mass is 16.1. The van der Waals surface area contributed by atoms with Crippen LogP contribution in [0.2, 0.25) is 0 Å². The Kier molecular flexibility index (Phi) is 7.34. The smallest absolute Gasteiger partial charge is 0.224 e. The summed E-state index contributed by atoms with van der Waals surface area (Å²) >= 11 is 0. The third-order valence-corrected chi connectivity index (χ3v) is 3.31. The maximum absolute atomic E-state index is 11.6. The quantitative estimate of drug-likeness (QED) is 0.679. The van der Waals surface area contributed by atoms with E-state index >= 15 is 0 Å². The molecule has 0 saturated carbocycles. The molecule has 3 N–H and O–H groups in total. The summed E-state index contributed by atoms with van der Waals surface area (Å²) in [4.78, 5) is 13.8. The largest absolute Gasteiger partial charge is 0.355 e. The van der Waals surface area contributed by atoms with E-state index in [1.54, 1.807) is 0 Å². The predicted octanol–water partition coefficient (Wildman–Crippen LogP) is 0.816. The normalized spacial score (nSPS) is 16.9. The van der Waals surface area contributed by atoms with Gasteiger partial charge < -0.3 is 16.0 Å². The number of carbonyl (C=O) groups excluding carboxylic acids is 1. The summed E-state index contributed by atoms with van der Waals surface area (Å²) in [6.45, 7) is 9.64. The molecule has 0 aromatic heterocycles. The second kappa shape index (κ2) is 7.63. The molecule has 96 valence electrons. The van der Waals surface area contributed by atoms with Crippen LogP contribution in [0.15, 0.2) is 0 Å². The first-order chi connectivity index (χ1) is 7.40. The zero-order valence-corrected chi connectivity index (χ0v) is 11.3. The summed E-state index contributed by atoms with van der Waals surface area (Å²) < 4.78 is 0. The van der Waals surface area contributed by atoms with Crippen LogP contribution in [0, 0.1) is 5.92 Å². The minimum atomic E-state index is -0.117. The van der Waals surface area contributed by atoms with Crippen LogP contribution in [0.5, 0.6) is 0 Å². The lowest BCUT2D eigenvalue weighted by atomic mass is 10.0. The van der Waals surface area contributed by atoms with Gasteiger partial charge in [0.1, 0.15) is 0 Å². The van der Waals surface area contributed by atoms with E-state index in [1.807, 2.05) is 13.8 Å². The molecule has 0 rings (SSSR count). The van der Waals surface area contributed by atoms with E-state index < -0.39 is 0 Å². The summed E-state index contributed by atoms with van der Waals surface area (Å²) in [5.74, 6) is -0.0681. The zero-order chi connectivity index (χ0) is 12.7. The van der Waals surface area contributed by atoms with E-state index in [4.69, 9.17) is 5.73 Å². The monoisotopic (exact) mass is 229 g/mol. The van der Waals surface area contributed by atoms with Gasteiger partial charge in [-0.3, -0.25) is 4.79 Å². The molecule has 4 nitrogen and oxygen atoms in total. The van der Waals surface area contributed by atoms with E-state index in [-0.39, 0.29) is 17.9 Å². The first-order valence-electron chi connectivity index (χ1n) is 6.13. The summed E-state index contributed by atoms with van der Waals surface area (Å²) in [6.07, 6.45) is 1.13. The molecule has 0 aliphatic rings. The van der Waals surface area contributed by atoms with Gasteiger partial charge in [-0.25, -0.2) is 0 Å². The van der Waals surface area contributed by atoms with Crippen LogP contribution in [-0.4, -0.2) is 43.0 Å². The first kappa shape index (κ1) is 15.4. The molecular weight excluding hydrogens is 202 g/mol. The third-order valence-electron chi connectivity index (χ3n) is 3.31. The van der Waals surface area contributed by atoms with Gasteiger partial charge in [-0.15, -0.1) is 0 Å². The molecule has 0 heterocycles. The Morgan fingerprint density at radius 3 is 2.38 bits per heavy atom. The Bertz CT molecular complexity index is 206. The molecule has 3 atom stereocenters. The van der Waals surface area contributed by atoms with Gasteiger partial charge >= 0.3 is 0 Å². The third kappa shape index (κ3) is 5.47. The van der Waals surface area contributed by atoms with Gasteiger partial charge in [0.05, 0.1) is 0 Å². The van der Waals surface area contributed by atoms with Gasteiger partial charge in [-0.05, 0) is 27.3 Å².